The summed E-state index contributed by atoms with van der Waals surface area (Å²) in [4.78, 5) is 38.6. The van der Waals surface area contributed by atoms with Crippen LogP contribution in [0.3, 0.4) is 0 Å². The molecule has 1 N–H and O–H groups in total. The highest BCUT2D eigenvalue weighted by molar-refractivity contribution is 6.30. The van der Waals surface area contributed by atoms with Crippen molar-refractivity contribution in [3.8, 4) is 0 Å². The Balaban J connectivity index is 1.68. The monoisotopic (exact) mass is 351 g/mol. The van der Waals surface area contributed by atoms with Crippen molar-refractivity contribution in [2.24, 2.45) is 0 Å². The SMILES string of the molecule is CC(=O)N1CCN(C(=O)CC(=O)NCCc2cccc(Cl)c2)CC1. The number of rotatable bonds is 5. The van der Waals surface area contributed by atoms with E-state index in [4.69, 9.17) is 11.6 Å². The van der Waals surface area contributed by atoms with Crippen LogP contribution in [0.2, 0.25) is 5.02 Å². The first-order valence-electron chi connectivity index (χ1n) is 8.00. The van der Waals surface area contributed by atoms with Crippen LogP contribution in [-0.4, -0.2) is 60.2 Å². The highest BCUT2D eigenvalue weighted by atomic mass is 35.5. The molecule has 0 aromatic heterocycles. The molecule has 6 nitrogen and oxygen atoms in total. The zero-order valence-corrected chi connectivity index (χ0v) is 14.5. The molecule has 24 heavy (non-hydrogen) atoms. The molecule has 0 bridgehead atoms. The minimum absolute atomic E-state index is 0.0147. The van der Waals surface area contributed by atoms with Gasteiger partial charge in [-0.2, -0.15) is 0 Å². The highest BCUT2D eigenvalue weighted by Gasteiger charge is 2.23. The van der Waals surface area contributed by atoms with E-state index in [2.05, 4.69) is 5.32 Å². The lowest BCUT2D eigenvalue weighted by molar-refractivity contribution is -0.141. The van der Waals surface area contributed by atoms with Gasteiger partial charge in [-0.25, -0.2) is 0 Å². The van der Waals surface area contributed by atoms with Gasteiger partial charge in [0, 0.05) is 44.7 Å². The van der Waals surface area contributed by atoms with E-state index in [-0.39, 0.29) is 24.1 Å². The van der Waals surface area contributed by atoms with E-state index in [0.717, 1.165) is 5.56 Å². The zero-order valence-electron chi connectivity index (χ0n) is 13.8. The van der Waals surface area contributed by atoms with E-state index in [1.165, 1.54) is 6.92 Å². The molecule has 7 heteroatoms. The van der Waals surface area contributed by atoms with Gasteiger partial charge < -0.3 is 15.1 Å². The summed E-state index contributed by atoms with van der Waals surface area (Å²) in [5.74, 6) is -0.463. The van der Waals surface area contributed by atoms with Gasteiger partial charge in [0.05, 0.1) is 0 Å². The Kier molecular flexibility index (Phi) is 6.61. The van der Waals surface area contributed by atoms with Crippen molar-refractivity contribution < 1.29 is 14.4 Å². The third-order valence-corrected chi connectivity index (χ3v) is 4.25. The molecule has 0 unspecified atom stereocenters. The molecule has 1 saturated heterocycles. The molecule has 1 aliphatic rings. The number of nitrogens with one attached hydrogen (secondary N) is 1. The number of benzene rings is 1. The maximum absolute atomic E-state index is 12.1. The first-order chi connectivity index (χ1) is 11.5. The summed E-state index contributed by atoms with van der Waals surface area (Å²) in [6.45, 7) is 3.99. The van der Waals surface area contributed by atoms with E-state index in [9.17, 15) is 14.4 Å². The number of amides is 3. The molecule has 0 radical (unpaired) electrons. The Morgan fingerprint density at radius 2 is 1.79 bits per heavy atom. The van der Waals surface area contributed by atoms with Crippen LogP contribution < -0.4 is 5.32 Å². The summed E-state index contributed by atoms with van der Waals surface area (Å²) in [5, 5.41) is 3.42. The number of halogens is 1. The normalized spacial score (nSPS) is 14.4. The molecule has 1 aliphatic heterocycles. The van der Waals surface area contributed by atoms with Crippen LogP contribution in [0.1, 0.15) is 18.9 Å². The van der Waals surface area contributed by atoms with Crippen molar-refractivity contribution in [3.05, 3.63) is 34.9 Å². The van der Waals surface area contributed by atoms with Gasteiger partial charge in [0.2, 0.25) is 17.7 Å². The van der Waals surface area contributed by atoms with Crippen LogP contribution in [-0.2, 0) is 20.8 Å². The van der Waals surface area contributed by atoms with Gasteiger partial charge >= 0.3 is 0 Å². The van der Waals surface area contributed by atoms with Gasteiger partial charge in [0.1, 0.15) is 6.42 Å². The summed E-state index contributed by atoms with van der Waals surface area (Å²) < 4.78 is 0. The fraction of sp³-hybridized carbons (Fsp3) is 0.471. The molecule has 1 aromatic carbocycles. The summed E-state index contributed by atoms with van der Waals surface area (Å²) in [7, 11) is 0. The molecule has 1 fully saturated rings. The number of hydrogen-bond acceptors (Lipinski definition) is 3. The third kappa shape index (κ3) is 5.53. The van der Waals surface area contributed by atoms with Gasteiger partial charge in [-0.05, 0) is 24.1 Å². The molecule has 1 aromatic rings. The number of carbonyl (C=O) groups is 3. The molecule has 0 saturated carbocycles. The number of hydrogen-bond donors (Lipinski definition) is 1. The minimum atomic E-state index is -0.281. The standard InChI is InChI=1S/C17H22ClN3O3/c1-13(22)20-7-9-21(10-8-20)17(24)12-16(23)19-6-5-14-3-2-4-15(18)11-14/h2-4,11H,5-10,12H2,1H3,(H,19,23). The molecular formula is C17H22ClN3O3. The zero-order chi connectivity index (χ0) is 17.5. The fourth-order valence-corrected chi connectivity index (χ4v) is 2.83. The van der Waals surface area contributed by atoms with Crippen LogP contribution in [0, 0.1) is 0 Å². The lowest BCUT2D eigenvalue weighted by Gasteiger charge is -2.34. The minimum Gasteiger partial charge on any atom is -0.355 e. The highest BCUT2D eigenvalue weighted by Crippen LogP contribution is 2.10. The van der Waals surface area contributed by atoms with E-state index < -0.39 is 0 Å². The van der Waals surface area contributed by atoms with E-state index in [1.54, 1.807) is 15.9 Å². The van der Waals surface area contributed by atoms with Crippen molar-refractivity contribution in [1.29, 1.82) is 0 Å². The lowest BCUT2D eigenvalue weighted by Crippen LogP contribution is -2.50. The Morgan fingerprint density at radius 1 is 1.12 bits per heavy atom. The maximum Gasteiger partial charge on any atom is 0.232 e. The molecule has 2 rings (SSSR count). The fourth-order valence-electron chi connectivity index (χ4n) is 2.62. The summed E-state index contributed by atoms with van der Waals surface area (Å²) in [6.07, 6.45) is 0.507. The molecule has 3 amide bonds. The van der Waals surface area contributed by atoms with Gasteiger partial charge in [-0.15, -0.1) is 0 Å². The Morgan fingerprint density at radius 3 is 2.42 bits per heavy atom. The van der Waals surface area contributed by atoms with Gasteiger partial charge in [-0.1, -0.05) is 23.7 Å². The van der Waals surface area contributed by atoms with Gasteiger partial charge in [0.25, 0.3) is 0 Å². The predicted octanol–water partition coefficient (Wildman–Crippen LogP) is 1.08. The smallest absolute Gasteiger partial charge is 0.232 e. The second-order valence-corrected chi connectivity index (χ2v) is 6.23. The second kappa shape index (κ2) is 8.68. The predicted molar refractivity (Wildman–Crippen MR) is 91.6 cm³/mol. The van der Waals surface area contributed by atoms with Crippen molar-refractivity contribution in [2.45, 2.75) is 19.8 Å². The lowest BCUT2D eigenvalue weighted by atomic mass is 10.1. The quantitative estimate of drug-likeness (QED) is 0.807. The first kappa shape index (κ1) is 18.3. The number of nitrogens with zero attached hydrogens (tertiary/aromatic N) is 2. The molecule has 0 aliphatic carbocycles. The van der Waals surface area contributed by atoms with Crippen LogP contribution >= 0.6 is 11.6 Å². The summed E-state index contributed by atoms with van der Waals surface area (Å²) >= 11 is 5.91. The van der Waals surface area contributed by atoms with Crippen LogP contribution in [0.15, 0.2) is 24.3 Å². The number of carbonyl (C=O) groups excluding carboxylic acids is 3. The summed E-state index contributed by atoms with van der Waals surface area (Å²) in [6, 6.07) is 7.46. The van der Waals surface area contributed by atoms with Crippen molar-refractivity contribution in [3.63, 3.8) is 0 Å². The second-order valence-electron chi connectivity index (χ2n) is 5.79. The van der Waals surface area contributed by atoms with Crippen LogP contribution in [0.25, 0.3) is 0 Å². The molecular weight excluding hydrogens is 330 g/mol. The van der Waals surface area contributed by atoms with Crippen molar-refractivity contribution in [1.82, 2.24) is 15.1 Å². The summed E-state index contributed by atoms with van der Waals surface area (Å²) in [5.41, 5.74) is 1.04. The van der Waals surface area contributed by atoms with Crippen LogP contribution in [0.4, 0.5) is 0 Å². The number of piperazine rings is 1. The molecule has 0 atom stereocenters. The Labute approximate surface area is 146 Å². The average Bonchev–Trinajstić information content (AvgIpc) is 2.55. The maximum atomic E-state index is 12.1. The molecule has 130 valence electrons. The molecule has 0 spiro atoms. The average molecular weight is 352 g/mol. The van der Waals surface area contributed by atoms with Gasteiger partial charge in [0.15, 0.2) is 0 Å². The van der Waals surface area contributed by atoms with Crippen LogP contribution in [0.5, 0.6) is 0 Å². The van der Waals surface area contributed by atoms with E-state index in [1.807, 2.05) is 18.2 Å². The topological polar surface area (TPSA) is 69.7 Å². The van der Waals surface area contributed by atoms with Gasteiger partial charge in [-0.3, -0.25) is 14.4 Å². The largest absolute Gasteiger partial charge is 0.355 e. The first-order valence-corrected chi connectivity index (χ1v) is 8.38. The van der Waals surface area contributed by atoms with Crippen molar-refractivity contribution in [2.75, 3.05) is 32.7 Å². The van der Waals surface area contributed by atoms with E-state index in [0.29, 0.717) is 44.2 Å². The molecule has 1 heterocycles. The van der Waals surface area contributed by atoms with Crippen molar-refractivity contribution >= 4 is 29.3 Å². The Bertz CT molecular complexity index is 613. The third-order valence-electron chi connectivity index (χ3n) is 4.01. The van der Waals surface area contributed by atoms with E-state index >= 15 is 0 Å². The Hall–Kier alpha value is -2.08.